The number of hydrogen-bond acceptors (Lipinski definition) is 8. The minimum absolute atomic E-state index is 0.0380. The van der Waals surface area contributed by atoms with Gasteiger partial charge in [0.25, 0.3) is 5.91 Å². The number of rotatable bonds is 19. The van der Waals surface area contributed by atoms with Gasteiger partial charge in [-0.2, -0.15) is 0 Å². The molecule has 0 radical (unpaired) electrons. The number of hydrogen-bond donors (Lipinski definition) is 2. The molecule has 3 heterocycles. The molecule has 1 aromatic rings. The summed E-state index contributed by atoms with van der Waals surface area (Å²) in [4.78, 5) is 60.3. The van der Waals surface area contributed by atoms with Gasteiger partial charge in [-0.3, -0.25) is 19.2 Å². The van der Waals surface area contributed by atoms with Gasteiger partial charge in [0, 0.05) is 55.4 Å². The zero-order valence-corrected chi connectivity index (χ0v) is 30.0. The van der Waals surface area contributed by atoms with Crippen molar-refractivity contribution in [1.82, 2.24) is 10.2 Å². The fourth-order valence-electron chi connectivity index (χ4n) is 7.42. The number of anilines is 2. The predicted molar refractivity (Wildman–Crippen MR) is 189 cm³/mol. The summed E-state index contributed by atoms with van der Waals surface area (Å²) in [6.45, 7) is 15.8. The SMILES string of the molecule is C=CCCC(=O)NC[C@H](C)OC(=O)[C@H]1[C@@H]2O[C@@]3(CC2Br)[C@@H]1C(=O)N(CCCCCO)[C@@H]3C(=O)N(CC=C)c1ccc(N(CC)CC)cc1. The first-order valence-electron chi connectivity index (χ1n) is 17.2. The zero-order chi connectivity index (χ0) is 35.0. The highest BCUT2D eigenvalue weighted by Gasteiger charge is 2.77. The maximum atomic E-state index is 14.8. The van der Waals surface area contributed by atoms with E-state index >= 15 is 0 Å². The molecule has 3 aliphatic heterocycles. The molecule has 3 aliphatic rings. The number of nitrogens with one attached hydrogen (secondary N) is 1. The van der Waals surface area contributed by atoms with Crippen molar-refractivity contribution < 1.29 is 33.8 Å². The maximum Gasteiger partial charge on any atom is 0.312 e. The lowest BCUT2D eigenvalue weighted by molar-refractivity contribution is -0.159. The molecular weight excluding hydrogens is 680 g/mol. The number of aliphatic hydroxyl groups is 1. The summed E-state index contributed by atoms with van der Waals surface area (Å²) in [6.07, 6.45) is 5.07. The quantitative estimate of drug-likeness (QED) is 0.0948. The molecule has 11 nitrogen and oxygen atoms in total. The first-order valence-corrected chi connectivity index (χ1v) is 18.1. The van der Waals surface area contributed by atoms with Gasteiger partial charge in [0.15, 0.2) is 0 Å². The molecular formula is C36H51BrN4O7. The number of unbranched alkanes of at least 4 members (excludes halogenated alkanes) is 2. The summed E-state index contributed by atoms with van der Waals surface area (Å²) in [5.74, 6) is -3.18. The van der Waals surface area contributed by atoms with Gasteiger partial charge < -0.3 is 34.6 Å². The molecule has 7 atom stereocenters. The van der Waals surface area contributed by atoms with E-state index in [4.69, 9.17) is 9.47 Å². The number of benzene rings is 1. The normalized spacial score (nSPS) is 26.1. The van der Waals surface area contributed by atoms with Crippen molar-refractivity contribution in [2.75, 3.05) is 49.1 Å². The van der Waals surface area contributed by atoms with Crippen LogP contribution in [0.1, 0.15) is 59.3 Å². The second-order valence-electron chi connectivity index (χ2n) is 12.8. The van der Waals surface area contributed by atoms with E-state index in [2.05, 4.69) is 53.2 Å². The predicted octanol–water partition coefficient (Wildman–Crippen LogP) is 3.98. The number of alkyl halides is 1. The molecule has 0 saturated carbocycles. The standard InChI is InChI=1S/C36H51BrN4O7/c1-6-10-14-28(43)38-23-24(5)47-35(46)29-30-33(44)41(20-12-11-13-21-42)32(36(30)22-27(37)31(29)48-36)34(45)40(19-7-2)26-17-15-25(16-18-26)39(8-3)9-4/h6-7,15-18,24,27,29-32,42H,1-2,8-14,19-23H2,3-5H3,(H,38,43)/t24-,27?,29+,30-,31+,32+,36-/m0/s1. The molecule has 48 heavy (non-hydrogen) atoms. The molecule has 3 fully saturated rings. The molecule has 4 rings (SSSR count). The third-order valence-electron chi connectivity index (χ3n) is 9.70. The van der Waals surface area contributed by atoms with Crippen molar-refractivity contribution in [3.63, 3.8) is 0 Å². The van der Waals surface area contributed by atoms with E-state index in [1.165, 1.54) is 0 Å². The van der Waals surface area contributed by atoms with E-state index in [0.717, 1.165) is 18.8 Å². The first kappa shape index (κ1) is 37.6. The van der Waals surface area contributed by atoms with Crippen LogP contribution in [0, 0.1) is 11.8 Å². The summed E-state index contributed by atoms with van der Waals surface area (Å²) in [7, 11) is 0. The van der Waals surface area contributed by atoms with E-state index < -0.39 is 41.7 Å². The van der Waals surface area contributed by atoms with Gasteiger partial charge in [0.2, 0.25) is 11.8 Å². The summed E-state index contributed by atoms with van der Waals surface area (Å²) in [5.41, 5.74) is 0.476. The molecule has 0 aromatic heterocycles. The van der Waals surface area contributed by atoms with Crippen LogP contribution in [0.25, 0.3) is 0 Å². The van der Waals surface area contributed by atoms with Crippen LogP contribution in [0.5, 0.6) is 0 Å². The van der Waals surface area contributed by atoms with Crippen LogP contribution >= 0.6 is 15.9 Å². The monoisotopic (exact) mass is 730 g/mol. The van der Waals surface area contributed by atoms with E-state index in [-0.39, 0.29) is 48.8 Å². The van der Waals surface area contributed by atoms with Crippen molar-refractivity contribution in [2.45, 2.75) is 88.0 Å². The van der Waals surface area contributed by atoms with Crippen LogP contribution in [0.15, 0.2) is 49.6 Å². The lowest BCUT2D eigenvalue weighted by Gasteiger charge is -2.37. The first-order chi connectivity index (χ1) is 23.1. The number of carbonyl (C=O) groups is 4. The molecule has 3 amide bonds. The highest BCUT2D eigenvalue weighted by molar-refractivity contribution is 9.09. The second-order valence-corrected chi connectivity index (χ2v) is 14.0. The van der Waals surface area contributed by atoms with Crippen LogP contribution in [-0.4, -0.2) is 102 Å². The topological polar surface area (TPSA) is 129 Å². The van der Waals surface area contributed by atoms with E-state index in [0.29, 0.717) is 44.2 Å². The van der Waals surface area contributed by atoms with Crippen LogP contribution < -0.4 is 15.1 Å². The van der Waals surface area contributed by atoms with Crippen molar-refractivity contribution in [3.8, 4) is 0 Å². The van der Waals surface area contributed by atoms with E-state index in [1.54, 1.807) is 28.9 Å². The van der Waals surface area contributed by atoms with Gasteiger partial charge in [-0.05, 0) is 77.1 Å². The average Bonchev–Trinajstić information content (AvgIpc) is 3.67. The smallest absolute Gasteiger partial charge is 0.312 e. The average molecular weight is 732 g/mol. The Morgan fingerprint density at radius 3 is 2.46 bits per heavy atom. The van der Waals surface area contributed by atoms with Crippen molar-refractivity contribution >= 4 is 51.0 Å². The Hall–Kier alpha value is -3.22. The summed E-state index contributed by atoms with van der Waals surface area (Å²) in [5, 5.41) is 12.1. The van der Waals surface area contributed by atoms with Crippen LogP contribution in [0.2, 0.25) is 0 Å². The fourth-order valence-corrected chi connectivity index (χ4v) is 8.36. The third kappa shape index (κ3) is 7.65. The van der Waals surface area contributed by atoms with Gasteiger partial charge in [-0.15, -0.1) is 13.2 Å². The minimum atomic E-state index is -1.24. The fraction of sp³-hybridized carbons (Fsp3) is 0.611. The van der Waals surface area contributed by atoms with Crippen molar-refractivity contribution in [2.24, 2.45) is 11.8 Å². The van der Waals surface area contributed by atoms with Gasteiger partial charge in [-0.1, -0.05) is 28.1 Å². The Labute approximate surface area is 292 Å². The van der Waals surface area contributed by atoms with Crippen molar-refractivity contribution in [1.29, 1.82) is 0 Å². The lowest BCUT2D eigenvalue weighted by Crippen LogP contribution is -2.57. The summed E-state index contributed by atoms with van der Waals surface area (Å²) in [6, 6.07) is 6.81. The number of allylic oxidation sites excluding steroid dienone is 1. The van der Waals surface area contributed by atoms with Gasteiger partial charge in [0.1, 0.15) is 17.7 Å². The molecule has 1 unspecified atom stereocenters. The Kier molecular flexibility index (Phi) is 13.3. The number of fused-ring (bicyclic) bond motifs is 1. The zero-order valence-electron chi connectivity index (χ0n) is 28.4. The molecule has 12 heteroatoms. The number of esters is 1. The number of likely N-dealkylation sites (tertiary alicyclic amines) is 1. The van der Waals surface area contributed by atoms with Crippen LogP contribution in [-0.2, 0) is 28.7 Å². The number of halogens is 1. The van der Waals surface area contributed by atoms with Crippen LogP contribution in [0.3, 0.4) is 0 Å². The molecule has 2 N–H and O–H groups in total. The van der Waals surface area contributed by atoms with E-state index in [1.807, 2.05) is 24.3 Å². The third-order valence-corrected chi connectivity index (χ3v) is 10.5. The molecule has 1 spiro atoms. The highest BCUT2D eigenvalue weighted by atomic mass is 79.9. The molecule has 2 bridgehead atoms. The Balaban J connectivity index is 1.64. The summed E-state index contributed by atoms with van der Waals surface area (Å²) >= 11 is 3.71. The Morgan fingerprint density at radius 1 is 1.15 bits per heavy atom. The Bertz CT molecular complexity index is 1320. The number of amides is 3. The Morgan fingerprint density at radius 2 is 1.83 bits per heavy atom. The minimum Gasteiger partial charge on any atom is -0.460 e. The summed E-state index contributed by atoms with van der Waals surface area (Å²) < 4.78 is 12.5. The lowest BCUT2D eigenvalue weighted by atomic mass is 9.70. The second kappa shape index (κ2) is 16.9. The van der Waals surface area contributed by atoms with E-state index in [9.17, 15) is 24.3 Å². The molecule has 1 aromatic carbocycles. The molecule has 0 aliphatic carbocycles. The van der Waals surface area contributed by atoms with Gasteiger partial charge >= 0.3 is 5.97 Å². The van der Waals surface area contributed by atoms with Gasteiger partial charge in [0.05, 0.1) is 24.5 Å². The molecule has 264 valence electrons. The number of ether oxygens (including phenoxy) is 2. The van der Waals surface area contributed by atoms with Crippen molar-refractivity contribution in [3.05, 3.63) is 49.6 Å². The van der Waals surface area contributed by atoms with Crippen LogP contribution in [0.4, 0.5) is 11.4 Å². The number of carbonyl (C=O) groups excluding carboxylic acids is 4. The highest BCUT2D eigenvalue weighted by Crippen LogP contribution is 2.60. The molecule has 3 saturated heterocycles. The number of nitrogens with zero attached hydrogens (tertiary/aromatic N) is 3. The maximum absolute atomic E-state index is 14.8. The number of aliphatic hydroxyl groups excluding tert-OH is 1. The largest absolute Gasteiger partial charge is 0.460 e. The van der Waals surface area contributed by atoms with Gasteiger partial charge in [-0.25, -0.2) is 0 Å².